The quantitative estimate of drug-likeness (QED) is 0.407. The molecule has 0 saturated heterocycles. The van der Waals surface area contributed by atoms with Crippen LogP contribution in [0.2, 0.25) is 0 Å². The zero-order valence-corrected chi connectivity index (χ0v) is 18.7. The van der Waals surface area contributed by atoms with Gasteiger partial charge in [0.2, 0.25) is 5.91 Å². The van der Waals surface area contributed by atoms with Crippen molar-refractivity contribution in [2.45, 2.75) is 13.0 Å². The van der Waals surface area contributed by atoms with Crippen molar-refractivity contribution in [2.24, 2.45) is 0 Å². The van der Waals surface area contributed by atoms with E-state index in [0.29, 0.717) is 23.1 Å². The molecule has 0 bridgehead atoms. The highest BCUT2D eigenvalue weighted by Crippen LogP contribution is 2.24. The Hall–Kier alpha value is -4.04. The summed E-state index contributed by atoms with van der Waals surface area (Å²) in [7, 11) is 0. The van der Waals surface area contributed by atoms with Crippen molar-refractivity contribution in [1.82, 2.24) is 14.9 Å². The first kappa shape index (κ1) is 22.2. The minimum Gasteiger partial charge on any atom is -0.375 e. The molecule has 0 aliphatic heterocycles. The number of pyridine rings is 1. The number of benzene rings is 2. The van der Waals surface area contributed by atoms with Crippen LogP contribution in [0.4, 0.5) is 10.8 Å². The van der Waals surface area contributed by atoms with E-state index in [-0.39, 0.29) is 24.8 Å². The molecule has 0 saturated carbocycles. The van der Waals surface area contributed by atoms with E-state index in [1.54, 1.807) is 29.3 Å². The van der Waals surface area contributed by atoms with Gasteiger partial charge in [-0.25, -0.2) is 4.98 Å². The van der Waals surface area contributed by atoms with E-state index in [1.165, 1.54) is 11.3 Å². The van der Waals surface area contributed by atoms with Crippen LogP contribution in [-0.2, 0) is 11.3 Å². The van der Waals surface area contributed by atoms with Crippen molar-refractivity contribution in [1.29, 1.82) is 0 Å². The number of nitrogen functional groups attached to an aromatic ring is 1. The Kier molecular flexibility index (Phi) is 7.06. The number of amides is 2. The molecule has 2 heterocycles. The Balaban J connectivity index is 1.39. The maximum Gasteiger partial charge on any atom is 0.272 e. The molecule has 3 N–H and O–H groups in total. The second kappa shape index (κ2) is 10.5. The minimum absolute atomic E-state index is 0.162. The topological polar surface area (TPSA) is 101 Å². The number of rotatable bonds is 8. The lowest BCUT2D eigenvalue weighted by molar-refractivity contribution is -0.116. The van der Waals surface area contributed by atoms with E-state index in [9.17, 15) is 9.59 Å². The van der Waals surface area contributed by atoms with Crippen LogP contribution in [0.25, 0.3) is 11.3 Å². The first-order valence-electron chi connectivity index (χ1n) is 10.4. The van der Waals surface area contributed by atoms with Crippen molar-refractivity contribution in [3.8, 4) is 11.3 Å². The van der Waals surface area contributed by atoms with Gasteiger partial charge < -0.3 is 16.0 Å². The zero-order chi connectivity index (χ0) is 23.0. The van der Waals surface area contributed by atoms with Gasteiger partial charge in [-0.15, -0.1) is 11.3 Å². The average molecular weight is 458 g/mol. The Morgan fingerprint density at radius 1 is 0.970 bits per heavy atom. The molecule has 0 atom stereocenters. The molecule has 2 aromatic heterocycles. The lowest BCUT2D eigenvalue weighted by Crippen LogP contribution is -2.34. The van der Waals surface area contributed by atoms with Crippen LogP contribution in [0, 0.1) is 0 Å². The molecular formula is C25H23N5O2S. The van der Waals surface area contributed by atoms with Crippen molar-refractivity contribution < 1.29 is 9.59 Å². The van der Waals surface area contributed by atoms with E-state index in [2.05, 4.69) is 15.3 Å². The third-order valence-electron chi connectivity index (χ3n) is 4.98. The summed E-state index contributed by atoms with van der Waals surface area (Å²) in [6.45, 7) is 0.668. The maximum atomic E-state index is 13.0. The Morgan fingerprint density at radius 2 is 1.73 bits per heavy atom. The molecule has 33 heavy (non-hydrogen) atoms. The first-order chi connectivity index (χ1) is 16.1. The monoisotopic (exact) mass is 457 g/mol. The van der Waals surface area contributed by atoms with Crippen LogP contribution in [0.1, 0.15) is 22.5 Å². The van der Waals surface area contributed by atoms with Crippen molar-refractivity contribution in [3.63, 3.8) is 0 Å². The van der Waals surface area contributed by atoms with E-state index in [4.69, 9.17) is 5.73 Å². The van der Waals surface area contributed by atoms with E-state index < -0.39 is 0 Å². The second-order valence-corrected chi connectivity index (χ2v) is 8.26. The molecule has 4 aromatic rings. The number of hydrogen-bond donors (Lipinski definition) is 2. The molecule has 2 amide bonds. The van der Waals surface area contributed by atoms with Gasteiger partial charge in [0.1, 0.15) is 5.69 Å². The number of nitrogens with one attached hydrogen (secondary N) is 1. The van der Waals surface area contributed by atoms with Gasteiger partial charge in [-0.1, -0.05) is 48.5 Å². The Morgan fingerprint density at radius 3 is 2.39 bits per heavy atom. The number of carbonyl (C=O) groups excluding carboxylic acids is 2. The molecular weight excluding hydrogens is 434 g/mol. The molecule has 2 aromatic carbocycles. The van der Waals surface area contributed by atoms with Crippen LogP contribution in [0.3, 0.4) is 0 Å². The molecule has 0 unspecified atom stereocenters. The van der Waals surface area contributed by atoms with E-state index in [0.717, 1.165) is 16.8 Å². The molecule has 7 nitrogen and oxygen atoms in total. The van der Waals surface area contributed by atoms with Crippen LogP contribution in [0.5, 0.6) is 0 Å². The first-order valence-corrected chi connectivity index (χ1v) is 11.3. The van der Waals surface area contributed by atoms with Crippen LogP contribution < -0.4 is 11.1 Å². The summed E-state index contributed by atoms with van der Waals surface area (Å²) in [5, 5.41) is 5.30. The third-order valence-corrected chi connectivity index (χ3v) is 5.66. The number of carbonyl (C=O) groups is 2. The predicted molar refractivity (Wildman–Crippen MR) is 131 cm³/mol. The summed E-state index contributed by atoms with van der Waals surface area (Å²) < 4.78 is 0. The smallest absolute Gasteiger partial charge is 0.272 e. The highest BCUT2D eigenvalue weighted by Gasteiger charge is 2.18. The largest absolute Gasteiger partial charge is 0.375 e. The summed E-state index contributed by atoms with van der Waals surface area (Å²) in [5.74, 6) is -0.383. The Bertz CT molecular complexity index is 1210. The molecule has 4 rings (SSSR count). The van der Waals surface area contributed by atoms with Crippen LogP contribution in [0.15, 0.2) is 84.4 Å². The summed E-state index contributed by atoms with van der Waals surface area (Å²) >= 11 is 1.38. The average Bonchev–Trinajstić information content (AvgIpc) is 3.29. The summed E-state index contributed by atoms with van der Waals surface area (Å²) in [4.78, 5) is 35.7. The number of anilines is 2. The maximum absolute atomic E-state index is 13.0. The van der Waals surface area contributed by atoms with Crippen LogP contribution >= 0.6 is 11.3 Å². The molecule has 8 heteroatoms. The normalized spacial score (nSPS) is 10.5. The number of nitrogens with zero attached hydrogens (tertiary/aromatic N) is 3. The number of nitrogens with two attached hydrogens (primary N) is 1. The van der Waals surface area contributed by atoms with Gasteiger partial charge in [-0.05, 0) is 29.8 Å². The summed E-state index contributed by atoms with van der Waals surface area (Å²) in [6.07, 6.45) is 1.75. The standard InChI is InChI=1S/C25H23N5O2S/c26-25-29-22(17-33-25)19-9-11-20(12-10-19)28-23(31)13-15-30(16-18-6-2-1-3-7-18)24(32)21-8-4-5-14-27-21/h1-12,14,17H,13,15-16H2,(H2,26,29)(H,28,31). The fourth-order valence-electron chi connectivity index (χ4n) is 3.31. The zero-order valence-electron chi connectivity index (χ0n) is 17.8. The highest BCUT2D eigenvalue weighted by molar-refractivity contribution is 7.13. The van der Waals surface area contributed by atoms with E-state index in [1.807, 2.05) is 60.0 Å². The Labute approximate surface area is 195 Å². The molecule has 0 radical (unpaired) electrons. The lowest BCUT2D eigenvalue weighted by atomic mass is 10.1. The van der Waals surface area contributed by atoms with Gasteiger partial charge in [0, 0.05) is 42.3 Å². The van der Waals surface area contributed by atoms with Gasteiger partial charge in [0.25, 0.3) is 5.91 Å². The van der Waals surface area contributed by atoms with Crippen molar-refractivity contribution in [2.75, 3.05) is 17.6 Å². The lowest BCUT2D eigenvalue weighted by Gasteiger charge is -2.22. The predicted octanol–water partition coefficient (Wildman–Crippen LogP) is 4.46. The van der Waals surface area contributed by atoms with Gasteiger partial charge >= 0.3 is 0 Å². The third kappa shape index (κ3) is 6.02. The second-order valence-electron chi connectivity index (χ2n) is 7.37. The van der Waals surface area contributed by atoms with E-state index >= 15 is 0 Å². The summed E-state index contributed by atoms with van der Waals surface area (Å²) in [6, 6.07) is 22.3. The van der Waals surface area contributed by atoms with Gasteiger partial charge in [0.15, 0.2) is 5.13 Å². The van der Waals surface area contributed by atoms with Crippen LogP contribution in [-0.4, -0.2) is 33.2 Å². The van der Waals surface area contributed by atoms with Gasteiger partial charge in [0.05, 0.1) is 5.69 Å². The van der Waals surface area contributed by atoms with Crippen molar-refractivity contribution >= 4 is 34.0 Å². The number of thiazole rings is 1. The highest BCUT2D eigenvalue weighted by atomic mass is 32.1. The minimum atomic E-state index is -0.209. The summed E-state index contributed by atoms with van der Waals surface area (Å²) in [5.41, 5.74) is 9.45. The molecule has 0 aliphatic carbocycles. The molecule has 0 spiro atoms. The fraction of sp³-hybridized carbons (Fsp3) is 0.120. The number of hydrogen-bond acceptors (Lipinski definition) is 6. The SMILES string of the molecule is Nc1nc(-c2ccc(NC(=O)CCN(Cc3ccccc3)C(=O)c3ccccn3)cc2)cs1. The van der Waals surface area contributed by atoms with Gasteiger partial charge in [-0.2, -0.15) is 0 Å². The number of aromatic nitrogens is 2. The van der Waals surface area contributed by atoms with Gasteiger partial charge in [-0.3, -0.25) is 14.6 Å². The fourth-order valence-corrected chi connectivity index (χ4v) is 3.88. The molecule has 0 fully saturated rings. The molecule has 166 valence electrons. The van der Waals surface area contributed by atoms with Crippen molar-refractivity contribution in [3.05, 3.63) is 95.6 Å². The molecule has 0 aliphatic rings.